The van der Waals surface area contributed by atoms with E-state index in [4.69, 9.17) is 0 Å². The fourth-order valence-corrected chi connectivity index (χ4v) is 1.91. The van der Waals surface area contributed by atoms with E-state index in [2.05, 4.69) is 9.80 Å². The van der Waals surface area contributed by atoms with Crippen molar-refractivity contribution in [3.8, 4) is 0 Å². The number of thiol groups is 1. The van der Waals surface area contributed by atoms with Crippen molar-refractivity contribution in [1.29, 1.82) is 0 Å². The molecule has 0 aromatic rings. The Morgan fingerprint density at radius 3 is 0.815 bits per heavy atom. The summed E-state index contributed by atoms with van der Waals surface area (Å²) in [5, 5.41) is 0. The maximum atomic E-state index is 11.3. The van der Waals surface area contributed by atoms with Crippen LogP contribution in [0, 0.1) is 0 Å². The predicted molar refractivity (Wildman–Crippen MR) is 76.2 cm³/mol. The van der Waals surface area contributed by atoms with Gasteiger partial charge in [0, 0.05) is 0 Å². The van der Waals surface area contributed by atoms with Gasteiger partial charge in [0.05, 0.1) is 0 Å². The largest absolute Gasteiger partial charge is 1.00 e. The molecule has 0 atom stereocenters. The Labute approximate surface area is 205 Å². The van der Waals surface area contributed by atoms with Crippen LogP contribution in [0.25, 0.3) is 4.13 Å². The summed E-state index contributed by atoms with van der Waals surface area (Å²) >= 11 is 1.84. The van der Waals surface area contributed by atoms with Crippen LogP contribution in [-0.2, 0) is 41.6 Å². The molecule has 0 aliphatic rings. The van der Waals surface area contributed by atoms with Gasteiger partial charge in [0.2, 0.25) is 20.8 Å². The first-order chi connectivity index (χ1) is 8.86. The molecule has 0 fully saturated rings. The van der Waals surface area contributed by atoms with Crippen LogP contribution in [0.3, 0.4) is 0 Å². The van der Waals surface area contributed by atoms with E-state index in [9.17, 15) is 53.7 Å². The number of hydrogen-bond acceptors (Lipinski definition) is 9. The molecular formula is CH5F7ILi3N2O8S5. The van der Waals surface area contributed by atoms with Crippen LogP contribution < -0.4 is 66.0 Å². The standard InChI is InChI=1S/CH4.F3NO4S2.F2NO4S2.2FH.HIS.3Li/c;1-4(9(2,5)6)10(3,7)8;1-8(4,5)3-9(2,6)7;;;1-2;;;/h1H4;;;2*1H;2H;;;/q;;-1;;;;3*+1/p-2. The van der Waals surface area contributed by atoms with Crippen LogP contribution in [0.15, 0.2) is 0 Å². The minimum atomic E-state index is -6.16. The molecule has 0 aromatic carbocycles. The molecule has 0 amide bonds. The van der Waals surface area contributed by atoms with E-state index in [0.29, 0.717) is 0 Å². The number of nitrogens with zero attached hydrogens (tertiary/aromatic N) is 2. The van der Waals surface area contributed by atoms with Crippen LogP contribution in [0.5, 0.6) is 0 Å². The van der Waals surface area contributed by atoms with Crippen LogP contribution >= 0.6 is 31.0 Å². The minimum absolute atomic E-state index is 0. The fraction of sp³-hybridized carbons (Fsp3) is 1.00. The summed E-state index contributed by atoms with van der Waals surface area (Å²) in [6.45, 7) is 0. The summed E-state index contributed by atoms with van der Waals surface area (Å²) in [4.78, 5) is 0. The van der Waals surface area contributed by atoms with Crippen LogP contribution in [-0.4, -0.2) is 37.6 Å². The molecule has 0 aromatic heterocycles. The van der Waals surface area contributed by atoms with E-state index in [1.165, 1.54) is 0 Å². The van der Waals surface area contributed by atoms with Gasteiger partial charge in [0.15, 0.2) is 0 Å². The number of halogens is 8. The van der Waals surface area contributed by atoms with E-state index >= 15 is 0 Å². The monoisotopic (exact) mass is 614 g/mol. The van der Waals surface area contributed by atoms with Crippen molar-refractivity contribution >= 4 is 72.6 Å². The maximum absolute atomic E-state index is 11.3. The number of rotatable bonds is 4. The van der Waals surface area contributed by atoms with Crippen molar-refractivity contribution in [1.82, 2.24) is 3.93 Å². The molecule has 0 spiro atoms. The first-order valence-corrected chi connectivity index (χ1v) is 11.6. The quantitative estimate of drug-likeness (QED) is 0.0819. The Hall–Kier alpha value is 2.10. The topological polar surface area (TPSA) is 154 Å². The Balaban J connectivity index is -0.0000000261. The summed E-state index contributed by atoms with van der Waals surface area (Å²) in [6, 6.07) is 0. The molecule has 0 bridgehead atoms. The van der Waals surface area contributed by atoms with Gasteiger partial charge in [-0.05, 0) is 21.2 Å². The molecule has 0 radical (unpaired) electrons. The molecule has 0 saturated carbocycles. The average Bonchev–Trinajstić information content (AvgIpc) is 2.12. The molecular weight excluding hydrogens is 609 g/mol. The van der Waals surface area contributed by atoms with Crippen molar-refractivity contribution in [2.45, 2.75) is 7.43 Å². The molecule has 0 N–H and O–H groups in total. The van der Waals surface area contributed by atoms with Crippen LogP contribution in [0.4, 0.5) is 20.0 Å². The number of hydrogen-bond donors (Lipinski definition) is 1. The van der Waals surface area contributed by atoms with Gasteiger partial charge in [-0.25, -0.2) is 16.8 Å². The molecule has 10 nitrogen and oxygen atoms in total. The zero-order valence-electron chi connectivity index (χ0n) is 12.3. The first kappa shape index (κ1) is 56.9. The molecule has 0 saturated heterocycles. The van der Waals surface area contributed by atoms with Crippen LogP contribution in [0.1, 0.15) is 7.43 Å². The van der Waals surface area contributed by atoms with Gasteiger partial charge >= 0.3 is 77.4 Å². The summed E-state index contributed by atoms with van der Waals surface area (Å²) < 4.78 is 128. The van der Waals surface area contributed by atoms with E-state index in [1.54, 1.807) is 0 Å². The molecule has 0 aliphatic carbocycles. The van der Waals surface area contributed by atoms with E-state index in [-0.39, 0.29) is 73.4 Å². The second-order valence-electron chi connectivity index (χ2n) is 1.94. The Bertz CT molecular complexity index is 668. The Morgan fingerprint density at radius 2 is 0.815 bits per heavy atom. The van der Waals surface area contributed by atoms with Crippen molar-refractivity contribution in [3.05, 3.63) is 4.13 Å². The summed E-state index contributed by atoms with van der Waals surface area (Å²) in [5.74, 6) is 0. The molecule has 0 heterocycles. The minimum Gasteiger partial charge on any atom is -1.00 e. The summed E-state index contributed by atoms with van der Waals surface area (Å²) in [7, 11) is -20.1. The van der Waals surface area contributed by atoms with Crippen LogP contribution in [0.2, 0.25) is 0 Å². The van der Waals surface area contributed by atoms with Gasteiger partial charge < -0.3 is 13.5 Å². The van der Waals surface area contributed by atoms with Gasteiger partial charge in [-0.3, -0.25) is 0 Å². The van der Waals surface area contributed by atoms with Crippen molar-refractivity contribution in [2.24, 2.45) is 0 Å². The molecule has 27 heavy (non-hydrogen) atoms. The molecule has 0 unspecified atom stereocenters. The smallest absolute Gasteiger partial charge is 1.00 e. The maximum Gasteiger partial charge on any atom is 1.00 e. The van der Waals surface area contributed by atoms with E-state index in [1.807, 2.05) is 21.2 Å². The van der Waals surface area contributed by atoms with Gasteiger partial charge in [0.25, 0.3) is 0 Å². The Morgan fingerprint density at radius 1 is 0.667 bits per heavy atom. The normalized spacial score (nSPS) is 9.93. The third kappa shape index (κ3) is 47.4. The van der Waals surface area contributed by atoms with Gasteiger partial charge in [-0.2, -0.15) is 16.8 Å². The molecule has 156 valence electrons. The zero-order valence-corrected chi connectivity index (χ0v) is 18.6. The Kier molecular flexibility index (Phi) is 48.0. The van der Waals surface area contributed by atoms with Gasteiger partial charge in [-0.1, -0.05) is 19.7 Å². The predicted octanol–water partition coefficient (Wildman–Crippen LogP) is -13.7. The summed E-state index contributed by atoms with van der Waals surface area (Å²) in [6.07, 6.45) is 0. The van der Waals surface area contributed by atoms with Crippen molar-refractivity contribution in [2.75, 3.05) is 0 Å². The summed E-state index contributed by atoms with van der Waals surface area (Å²) in [5.41, 5.74) is 0. The van der Waals surface area contributed by atoms with E-state index in [0.717, 1.165) is 4.13 Å². The third-order valence-corrected chi connectivity index (χ3v) is 3.70. The molecule has 26 heteroatoms. The molecule has 0 aliphatic heterocycles. The molecule has 0 rings (SSSR count). The van der Waals surface area contributed by atoms with Crippen molar-refractivity contribution in [3.63, 3.8) is 0 Å². The zero-order chi connectivity index (χ0) is 18.3. The fourth-order valence-electron chi connectivity index (χ4n) is 0.213. The average molecular weight is 614 g/mol. The van der Waals surface area contributed by atoms with Gasteiger partial charge in [-0.15, -0.1) is 17.6 Å². The third-order valence-electron chi connectivity index (χ3n) is 0.521. The second kappa shape index (κ2) is 22.8. The van der Waals surface area contributed by atoms with Crippen molar-refractivity contribution < 1.29 is 120 Å². The first-order valence-electron chi connectivity index (χ1n) is 3.02. The second-order valence-corrected chi connectivity index (χ2v) is 6.70. The van der Waals surface area contributed by atoms with Gasteiger partial charge in [0.1, 0.15) is 3.93 Å². The SMILES string of the molecule is C.O=S(=O)(F)N(F)S(=O)(=O)F.O=S(=O)(F)[N-]S(=O)(=O)F.SI.[F-].[F-].[Li+].[Li+].[Li+]. The van der Waals surface area contributed by atoms with E-state index < -0.39 is 45.6 Å².